The Balaban J connectivity index is 1.63. The predicted molar refractivity (Wildman–Crippen MR) is 113 cm³/mol. The molecular formula is C21H33N3O3Si. The topological polar surface area (TPSA) is 71.6 Å². The Morgan fingerprint density at radius 2 is 2.07 bits per heavy atom. The van der Waals surface area contributed by atoms with Crippen molar-refractivity contribution in [2.75, 3.05) is 25.0 Å². The molecule has 1 fully saturated rings. The molecule has 0 aliphatic carbocycles. The zero-order chi connectivity index (χ0) is 20.4. The summed E-state index contributed by atoms with van der Waals surface area (Å²) in [5.41, 5.74) is 1.69. The Kier molecular flexibility index (Phi) is 6.49. The first-order valence-corrected chi connectivity index (χ1v) is 11.0. The van der Waals surface area contributed by atoms with Gasteiger partial charge in [0.1, 0.15) is 5.75 Å². The van der Waals surface area contributed by atoms with Crippen LogP contribution < -0.4 is 20.7 Å². The highest BCUT2D eigenvalue weighted by Crippen LogP contribution is 2.32. The van der Waals surface area contributed by atoms with Crippen LogP contribution in [0.1, 0.15) is 46.6 Å². The second-order valence-electron chi connectivity index (χ2n) is 9.31. The standard InChI is InChI=1S/C21H33N3O3Si/c1-20(2,3)28-27-21(4,5)15-12-22-9-8-16(15)23-11-14-6-7-18-17(10-14)24-19(25)13-26-18/h6-7,10,15-16,22-23H,8-9,11-13H2,1-5H3,(H,24,25). The van der Waals surface area contributed by atoms with E-state index in [1.807, 2.05) is 12.1 Å². The van der Waals surface area contributed by atoms with E-state index in [1.54, 1.807) is 0 Å². The molecule has 28 heavy (non-hydrogen) atoms. The van der Waals surface area contributed by atoms with Crippen molar-refractivity contribution in [3.05, 3.63) is 23.8 Å². The van der Waals surface area contributed by atoms with E-state index in [-0.39, 0.29) is 23.2 Å². The number of carbonyl (C=O) groups is 1. The van der Waals surface area contributed by atoms with Gasteiger partial charge in [-0.15, -0.1) is 0 Å². The third kappa shape index (κ3) is 5.56. The van der Waals surface area contributed by atoms with Crippen molar-refractivity contribution in [3.63, 3.8) is 0 Å². The van der Waals surface area contributed by atoms with Gasteiger partial charge < -0.3 is 25.1 Å². The molecule has 1 amide bonds. The van der Waals surface area contributed by atoms with Gasteiger partial charge in [0, 0.05) is 25.0 Å². The van der Waals surface area contributed by atoms with Crippen molar-refractivity contribution in [1.29, 1.82) is 0 Å². The van der Waals surface area contributed by atoms with Gasteiger partial charge in [0.15, 0.2) is 6.61 Å². The number of nitrogens with one attached hydrogen (secondary N) is 3. The lowest BCUT2D eigenvalue weighted by Crippen LogP contribution is -2.56. The smallest absolute Gasteiger partial charge is 0.262 e. The lowest BCUT2D eigenvalue weighted by molar-refractivity contribution is -0.118. The Labute approximate surface area is 171 Å². The normalized spacial score (nSPS) is 23.0. The first kappa shape index (κ1) is 21.3. The van der Waals surface area contributed by atoms with E-state index >= 15 is 0 Å². The van der Waals surface area contributed by atoms with Crippen LogP contribution in [0.25, 0.3) is 0 Å². The fourth-order valence-electron chi connectivity index (χ4n) is 3.68. The van der Waals surface area contributed by atoms with Crippen LogP contribution in [0, 0.1) is 5.92 Å². The molecule has 0 bridgehead atoms. The third-order valence-electron chi connectivity index (χ3n) is 5.24. The second kappa shape index (κ2) is 8.53. The number of amides is 1. The first-order chi connectivity index (χ1) is 13.1. The maximum absolute atomic E-state index is 11.6. The van der Waals surface area contributed by atoms with Crippen LogP contribution in [0.3, 0.4) is 0 Å². The van der Waals surface area contributed by atoms with E-state index in [9.17, 15) is 4.79 Å². The molecule has 0 saturated carbocycles. The largest absolute Gasteiger partial charge is 0.482 e. The van der Waals surface area contributed by atoms with Crippen LogP contribution in [0.2, 0.25) is 5.04 Å². The van der Waals surface area contributed by atoms with E-state index in [0.717, 1.165) is 43.1 Å². The fraction of sp³-hybridized carbons (Fsp3) is 0.667. The molecule has 3 rings (SSSR count). The number of anilines is 1. The van der Waals surface area contributed by atoms with Gasteiger partial charge in [-0.25, -0.2) is 0 Å². The van der Waals surface area contributed by atoms with Crippen LogP contribution in [-0.4, -0.2) is 47.0 Å². The van der Waals surface area contributed by atoms with Crippen molar-refractivity contribution in [2.45, 2.75) is 64.3 Å². The monoisotopic (exact) mass is 403 g/mol. The molecule has 1 aromatic rings. The average molecular weight is 404 g/mol. The van der Waals surface area contributed by atoms with Crippen molar-refractivity contribution < 1.29 is 14.0 Å². The Bertz CT molecular complexity index is 703. The van der Waals surface area contributed by atoms with Crippen LogP contribution in [0.4, 0.5) is 5.69 Å². The first-order valence-electron chi connectivity index (χ1n) is 10.1. The highest BCUT2D eigenvalue weighted by Gasteiger charge is 2.38. The predicted octanol–water partition coefficient (Wildman–Crippen LogP) is 2.72. The molecule has 3 N–H and O–H groups in total. The molecule has 2 heterocycles. The molecule has 1 saturated heterocycles. The summed E-state index contributed by atoms with van der Waals surface area (Å²) in [5, 5.41) is 10.3. The van der Waals surface area contributed by atoms with Crippen LogP contribution in [0.15, 0.2) is 18.2 Å². The van der Waals surface area contributed by atoms with Crippen LogP contribution in [-0.2, 0) is 15.8 Å². The number of ether oxygens (including phenoxy) is 1. The highest BCUT2D eigenvalue weighted by molar-refractivity contribution is 6.31. The minimum absolute atomic E-state index is 0.0890. The summed E-state index contributed by atoms with van der Waals surface area (Å²) in [5.74, 6) is 1.02. The van der Waals surface area contributed by atoms with Crippen molar-refractivity contribution >= 4 is 21.4 Å². The molecule has 2 aliphatic heterocycles. The van der Waals surface area contributed by atoms with E-state index < -0.39 is 0 Å². The zero-order valence-electron chi connectivity index (χ0n) is 17.6. The molecule has 6 nitrogen and oxygen atoms in total. The summed E-state index contributed by atoms with van der Waals surface area (Å²) in [6, 6.07) is 6.37. The zero-order valence-corrected chi connectivity index (χ0v) is 18.6. The lowest BCUT2D eigenvalue weighted by atomic mass is 9.81. The van der Waals surface area contributed by atoms with Crippen molar-refractivity contribution in [1.82, 2.24) is 10.6 Å². The molecule has 2 unspecified atom stereocenters. The maximum Gasteiger partial charge on any atom is 0.262 e. The summed E-state index contributed by atoms with van der Waals surface area (Å²) in [7, 11) is 0.473. The van der Waals surface area contributed by atoms with E-state index in [4.69, 9.17) is 9.16 Å². The van der Waals surface area contributed by atoms with Crippen molar-refractivity contribution in [3.8, 4) is 5.75 Å². The van der Waals surface area contributed by atoms with Gasteiger partial charge in [-0.3, -0.25) is 4.79 Å². The number of piperidine rings is 1. The number of fused-ring (bicyclic) bond motifs is 1. The third-order valence-corrected chi connectivity index (χ3v) is 6.48. The van der Waals surface area contributed by atoms with Gasteiger partial charge in [0.2, 0.25) is 9.76 Å². The van der Waals surface area contributed by atoms with Gasteiger partial charge in [0.25, 0.3) is 5.91 Å². The quantitative estimate of drug-likeness (QED) is 0.637. The molecule has 7 heteroatoms. The average Bonchev–Trinajstić information content (AvgIpc) is 2.64. The molecule has 2 aliphatic rings. The number of hydrogen-bond acceptors (Lipinski definition) is 5. The minimum atomic E-state index is -0.200. The van der Waals surface area contributed by atoms with Gasteiger partial charge >= 0.3 is 0 Å². The summed E-state index contributed by atoms with van der Waals surface area (Å²) < 4.78 is 11.8. The SMILES string of the molecule is CC(C)(C)[Si]OC(C)(C)C1CNCCC1NCc1ccc2c(c1)NC(=O)CO2. The fourth-order valence-corrected chi connectivity index (χ4v) is 4.40. The molecule has 2 atom stereocenters. The molecule has 2 radical (unpaired) electrons. The molecular weight excluding hydrogens is 370 g/mol. The molecule has 0 aromatic heterocycles. The van der Waals surface area contributed by atoms with Crippen molar-refractivity contribution in [2.24, 2.45) is 5.92 Å². The number of benzene rings is 1. The molecule has 0 spiro atoms. The molecule has 1 aromatic carbocycles. The molecule has 154 valence electrons. The Morgan fingerprint density at radius 3 is 2.82 bits per heavy atom. The second-order valence-corrected chi connectivity index (χ2v) is 11.2. The number of rotatable bonds is 6. The lowest BCUT2D eigenvalue weighted by Gasteiger charge is -2.44. The van der Waals surface area contributed by atoms with Gasteiger partial charge in [-0.1, -0.05) is 26.8 Å². The minimum Gasteiger partial charge on any atom is -0.482 e. The Morgan fingerprint density at radius 1 is 1.29 bits per heavy atom. The summed E-state index contributed by atoms with van der Waals surface area (Å²) >= 11 is 0. The van der Waals surface area contributed by atoms with Gasteiger partial charge in [-0.2, -0.15) is 0 Å². The summed E-state index contributed by atoms with van der Waals surface area (Å²) in [6.45, 7) is 13.9. The summed E-state index contributed by atoms with van der Waals surface area (Å²) in [4.78, 5) is 11.6. The summed E-state index contributed by atoms with van der Waals surface area (Å²) in [6.07, 6.45) is 1.07. The van der Waals surface area contributed by atoms with E-state index in [0.29, 0.717) is 21.7 Å². The van der Waals surface area contributed by atoms with E-state index in [1.165, 1.54) is 0 Å². The number of hydrogen-bond donors (Lipinski definition) is 3. The number of carbonyl (C=O) groups excluding carboxylic acids is 1. The van der Waals surface area contributed by atoms with Crippen LogP contribution >= 0.6 is 0 Å². The Hall–Kier alpha value is -1.41. The highest BCUT2D eigenvalue weighted by atomic mass is 28.2. The van der Waals surface area contributed by atoms with E-state index in [2.05, 4.69) is 56.6 Å². The van der Waals surface area contributed by atoms with Crippen LogP contribution in [0.5, 0.6) is 5.75 Å². The van der Waals surface area contributed by atoms with Gasteiger partial charge in [0.05, 0.1) is 11.3 Å². The van der Waals surface area contributed by atoms with Gasteiger partial charge in [-0.05, 0) is 49.5 Å². The maximum atomic E-state index is 11.6.